The Kier molecular flexibility index (Phi) is 4.76. The zero-order chi connectivity index (χ0) is 19.8. The van der Waals surface area contributed by atoms with Gasteiger partial charge >= 0.3 is 0 Å². The molecule has 1 aliphatic heterocycles. The average molecular weight is 398 g/mol. The largest absolute Gasteiger partial charge is 0.358 e. The van der Waals surface area contributed by atoms with Crippen LogP contribution in [-0.4, -0.2) is 5.78 Å². The Balaban J connectivity index is 1.62. The summed E-state index contributed by atoms with van der Waals surface area (Å²) in [6, 6.07) is 27.4. The lowest BCUT2D eigenvalue weighted by Crippen LogP contribution is -2.30. The highest BCUT2D eigenvalue weighted by Gasteiger charge is 2.40. The standard InChI is InChI=1S/C26H23NOS/c1-17-11-13-19(14-12-17)26-25-22(27-21-9-5-6-10-24(21)29-26)15-20(16-23(25)28)18-7-3-2-4-8-18/h2-15,20,25-27H,16H2,1H3/t20-,25+,26+/m0/s1. The SMILES string of the molecule is Cc1ccc([C@H]2Sc3ccccc3NC3=C[C@H](c4ccccc4)CC(=O)[C@@H]32)cc1. The fourth-order valence-corrected chi connectivity index (χ4v) is 5.72. The van der Waals surface area contributed by atoms with Crippen molar-refractivity contribution >= 4 is 23.2 Å². The average Bonchev–Trinajstić information content (AvgIpc) is 2.92. The predicted molar refractivity (Wildman–Crippen MR) is 120 cm³/mol. The van der Waals surface area contributed by atoms with Crippen molar-refractivity contribution in [3.8, 4) is 0 Å². The van der Waals surface area contributed by atoms with Crippen LogP contribution in [0, 0.1) is 12.8 Å². The third-order valence-corrected chi connectivity index (χ3v) is 7.25. The third-order valence-electron chi connectivity index (χ3n) is 5.84. The summed E-state index contributed by atoms with van der Waals surface area (Å²) in [6.45, 7) is 2.10. The minimum Gasteiger partial charge on any atom is -0.358 e. The number of benzene rings is 3. The molecule has 0 amide bonds. The highest BCUT2D eigenvalue weighted by Crippen LogP contribution is 2.51. The van der Waals surface area contributed by atoms with E-state index in [1.165, 1.54) is 21.6 Å². The van der Waals surface area contributed by atoms with Crippen LogP contribution in [0.1, 0.15) is 34.3 Å². The zero-order valence-electron chi connectivity index (χ0n) is 16.3. The molecule has 1 N–H and O–H groups in total. The molecule has 0 saturated carbocycles. The lowest BCUT2D eigenvalue weighted by Gasteiger charge is -2.31. The molecular weight excluding hydrogens is 374 g/mol. The van der Waals surface area contributed by atoms with Crippen LogP contribution < -0.4 is 5.32 Å². The number of aryl methyl sites for hydroxylation is 1. The van der Waals surface area contributed by atoms with Gasteiger partial charge in [-0.3, -0.25) is 4.79 Å². The summed E-state index contributed by atoms with van der Waals surface area (Å²) in [4.78, 5) is 14.7. The van der Waals surface area contributed by atoms with E-state index in [2.05, 4.69) is 72.9 Å². The number of carbonyl (C=O) groups is 1. The maximum absolute atomic E-state index is 13.5. The molecule has 0 spiro atoms. The van der Waals surface area contributed by atoms with Gasteiger partial charge in [0.25, 0.3) is 0 Å². The second-order valence-corrected chi connectivity index (χ2v) is 9.04. The van der Waals surface area contributed by atoms with Gasteiger partial charge in [0, 0.05) is 28.2 Å². The highest BCUT2D eigenvalue weighted by atomic mass is 32.2. The van der Waals surface area contributed by atoms with Crippen LogP contribution in [0.5, 0.6) is 0 Å². The Bertz CT molecular complexity index is 1070. The van der Waals surface area contributed by atoms with E-state index in [4.69, 9.17) is 0 Å². The van der Waals surface area contributed by atoms with E-state index in [1.54, 1.807) is 11.8 Å². The number of hydrogen-bond donors (Lipinski definition) is 1. The number of fused-ring (bicyclic) bond motifs is 2. The summed E-state index contributed by atoms with van der Waals surface area (Å²) < 4.78 is 0. The van der Waals surface area contributed by atoms with Crippen LogP contribution in [0.25, 0.3) is 0 Å². The van der Waals surface area contributed by atoms with Gasteiger partial charge in [-0.1, -0.05) is 78.4 Å². The number of para-hydroxylation sites is 1. The minimum atomic E-state index is -0.157. The van der Waals surface area contributed by atoms with Crippen molar-refractivity contribution in [3.05, 3.63) is 107 Å². The number of nitrogens with one attached hydrogen (secondary N) is 1. The Morgan fingerprint density at radius 2 is 1.59 bits per heavy atom. The molecule has 1 heterocycles. The highest BCUT2D eigenvalue weighted by molar-refractivity contribution is 7.99. The molecule has 2 aliphatic rings. The lowest BCUT2D eigenvalue weighted by molar-refractivity contribution is -0.122. The normalized spacial score (nSPS) is 23.3. The molecule has 0 aromatic heterocycles. The zero-order valence-corrected chi connectivity index (χ0v) is 17.2. The summed E-state index contributed by atoms with van der Waals surface area (Å²) in [7, 11) is 0. The summed E-state index contributed by atoms with van der Waals surface area (Å²) in [6.07, 6.45) is 2.84. The number of hydrogen-bond acceptors (Lipinski definition) is 3. The molecule has 3 atom stereocenters. The number of allylic oxidation sites excluding steroid dienone is 2. The fourth-order valence-electron chi connectivity index (χ4n) is 4.31. The number of Topliss-reactive ketones (excluding diaryl/α,β-unsaturated/α-hetero) is 1. The molecule has 0 radical (unpaired) electrons. The molecule has 0 unspecified atom stereocenters. The monoisotopic (exact) mass is 397 g/mol. The Morgan fingerprint density at radius 3 is 2.38 bits per heavy atom. The topological polar surface area (TPSA) is 29.1 Å². The van der Waals surface area contributed by atoms with Gasteiger partial charge in [-0.25, -0.2) is 0 Å². The third kappa shape index (κ3) is 3.51. The van der Waals surface area contributed by atoms with Crippen LogP contribution in [0.3, 0.4) is 0 Å². The van der Waals surface area contributed by atoms with Gasteiger partial charge in [-0.05, 0) is 30.2 Å². The first-order valence-corrected chi connectivity index (χ1v) is 11.0. The Hall–Kier alpha value is -2.78. The van der Waals surface area contributed by atoms with Gasteiger partial charge in [-0.15, -0.1) is 11.8 Å². The molecule has 1 aliphatic carbocycles. The van der Waals surface area contributed by atoms with Gasteiger partial charge < -0.3 is 5.32 Å². The summed E-state index contributed by atoms with van der Waals surface area (Å²) in [5.74, 6) is 0.279. The van der Waals surface area contributed by atoms with Gasteiger partial charge in [-0.2, -0.15) is 0 Å². The van der Waals surface area contributed by atoms with Crippen molar-refractivity contribution in [1.82, 2.24) is 0 Å². The predicted octanol–water partition coefficient (Wildman–Crippen LogP) is 6.51. The molecular formula is C26H23NOS. The fraction of sp³-hybridized carbons (Fsp3) is 0.192. The van der Waals surface area contributed by atoms with E-state index in [0.717, 1.165) is 11.4 Å². The smallest absolute Gasteiger partial charge is 0.144 e. The molecule has 5 rings (SSSR count). The first-order valence-electron chi connectivity index (χ1n) is 10.1. The number of rotatable bonds is 2. The lowest BCUT2D eigenvalue weighted by atomic mass is 9.78. The molecule has 3 heteroatoms. The van der Waals surface area contributed by atoms with E-state index < -0.39 is 0 Å². The number of carbonyl (C=O) groups excluding carboxylic acids is 1. The Labute approximate surface area is 176 Å². The summed E-state index contributed by atoms with van der Waals surface area (Å²) in [5.41, 5.74) is 5.77. The first kappa shape index (κ1) is 18.3. The first-order chi connectivity index (χ1) is 14.2. The second-order valence-electron chi connectivity index (χ2n) is 7.86. The Morgan fingerprint density at radius 1 is 0.862 bits per heavy atom. The summed E-state index contributed by atoms with van der Waals surface area (Å²) >= 11 is 1.80. The van der Waals surface area contributed by atoms with E-state index in [9.17, 15) is 4.79 Å². The molecule has 0 bridgehead atoms. The molecule has 3 aromatic carbocycles. The number of ketones is 1. The molecule has 29 heavy (non-hydrogen) atoms. The van der Waals surface area contributed by atoms with Crippen molar-refractivity contribution in [2.24, 2.45) is 5.92 Å². The van der Waals surface area contributed by atoms with E-state index in [1.807, 2.05) is 24.3 Å². The number of thioether (sulfide) groups is 1. The van der Waals surface area contributed by atoms with E-state index in [0.29, 0.717) is 12.2 Å². The maximum atomic E-state index is 13.5. The molecule has 0 saturated heterocycles. The van der Waals surface area contributed by atoms with Crippen LogP contribution in [0.15, 0.2) is 95.5 Å². The van der Waals surface area contributed by atoms with Gasteiger partial charge in [0.15, 0.2) is 0 Å². The van der Waals surface area contributed by atoms with Crippen LogP contribution >= 0.6 is 11.8 Å². The van der Waals surface area contributed by atoms with E-state index in [-0.39, 0.29) is 17.1 Å². The summed E-state index contributed by atoms with van der Waals surface area (Å²) in [5, 5.41) is 3.69. The molecule has 2 nitrogen and oxygen atoms in total. The van der Waals surface area contributed by atoms with Gasteiger partial charge in [0.2, 0.25) is 0 Å². The van der Waals surface area contributed by atoms with Crippen molar-refractivity contribution in [3.63, 3.8) is 0 Å². The number of anilines is 1. The minimum absolute atomic E-state index is 0.0715. The quantitative estimate of drug-likeness (QED) is 0.534. The van der Waals surface area contributed by atoms with Crippen LogP contribution in [0.4, 0.5) is 5.69 Å². The van der Waals surface area contributed by atoms with Crippen molar-refractivity contribution in [1.29, 1.82) is 0 Å². The van der Waals surface area contributed by atoms with Crippen LogP contribution in [-0.2, 0) is 4.79 Å². The van der Waals surface area contributed by atoms with Crippen molar-refractivity contribution in [2.75, 3.05) is 5.32 Å². The molecule has 3 aromatic rings. The van der Waals surface area contributed by atoms with Crippen molar-refractivity contribution < 1.29 is 4.79 Å². The van der Waals surface area contributed by atoms with Crippen LogP contribution in [0.2, 0.25) is 0 Å². The molecule has 144 valence electrons. The van der Waals surface area contributed by atoms with Gasteiger partial charge in [0.05, 0.1) is 11.6 Å². The maximum Gasteiger partial charge on any atom is 0.144 e. The van der Waals surface area contributed by atoms with E-state index >= 15 is 0 Å². The molecule has 0 fully saturated rings. The van der Waals surface area contributed by atoms with Gasteiger partial charge in [0.1, 0.15) is 5.78 Å². The second kappa shape index (κ2) is 7.57. The van der Waals surface area contributed by atoms with Crippen molar-refractivity contribution in [2.45, 2.75) is 29.4 Å².